The Hall–Kier alpha value is -1.32. The molecule has 0 saturated carbocycles. The van der Waals surface area contributed by atoms with Gasteiger partial charge in [0.25, 0.3) is 0 Å². The molecule has 0 saturated heterocycles. The van der Waals surface area contributed by atoms with E-state index in [2.05, 4.69) is 0 Å². The lowest BCUT2D eigenvalue weighted by Gasteiger charge is -2.19. The number of aliphatic carboxylic acids is 1. The van der Waals surface area contributed by atoms with E-state index < -0.39 is 17.5 Å². The van der Waals surface area contributed by atoms with Crippen LogP contribution in [0.25, 0.3) is 0 Å². The predicted octanol–water partition coefficient (Wildman–Crippen LogP) is 1.75. The summed E-state index contributed by atoms with van der Waals surface area (Å²) < 4.78 is 4.94. The second-order valence-corrected chi connectivity index (χ2v) is 4.18. The van der Waals surface area contributed by atoms with Crippen molar-refractivity contribution in [1.29, 1.82) is 0 Å². The largest absolute Gasteiger partial charge is 0.477 e. The van der Waals surface area contributed by atoms with Crippen LogP contribution in [0.5, 0.6) is 0 Å². The zero-order valence-corrected chi connectivity index (χ0v) is 9.17. The highest BCUT2D eigenvalue weighted by Gasteiger charge is 2.25. The molecule has 4 heteroatoms. The number of carbonyl (C=O) groups excluding carboxylic acids is 1. The van der Waals surface area contributed by atoms with Gasteiger partial charge in [0.15, 0.2) is 0 Å². The van der Waals surface area contributed by atoms with E-state index in [0.29, 0.717) is 5.57 Å². The molecule has 0 amide bonds. The van der Waals surface area contributed by atoms with Crippen molar-refractivity contribution < 1.29 is 19.4 Å². The number of esters is 1. The number of carboxylic acids is 1. The highest BCUT2D eigenvalue weighted by Crippen LogP contribution is 2.13. The number of ether oxygens (including phenoxy) is 1. The van der Waals surface area contributed by atoms with E-state index >= 15 is 0 Å². The van der Waals surface area contributed by atoms with Gasteiger partial charge in [-0.1, -0.05) is 5.57 Å². The van der Waals surface area contributed by atoms with Crippen LogP contribution >= 0.6 is 0 Å². The molecular formula is C10H16O4. The Kier molecular flexibility index (Phi) is 3.86. The van der Waals surface area contributed by atoms with Crippen LogP contribution in [0.2, 0.25) is 0 Å². The lowest BCUT2D eigenvalue weighted by molar-refractivity contribution is -0.152. The second-order valence-electron chi connectivity index (χ2n) is 4.18. The first-order valence-corrected chi connectivity index (χ1v) is 4.29. The molecule has 0 aromatic rings. The minimum Gasteiger partial charge on any atom is -0.477 e. The normalized spacial score (nSPS) is 10.6. The molecule has 14 heavy (non-hydrogen) atoms. The molecule has 0 aliphatic rings. The Morgan fingerprint density at radius 1 is 1.14 bits per heavy atom. The molecule has 0 radical (unpaired) electrons. The molecule has 0 atom stereocenters. The zero-order valence-electron chi connectivity index (χ0n) is 9.17. The molecule has 0 unspecified atom stereocenters. The highest BCUT2D eigenvalue weighted by molar-refractivity contribution is 6.13. The van der Waals surface area contributed by atoms with E-state index in [4.69, 9.17) is 9.84 Å². The van der Waals surface area contributed by atoms with Crippen LogP contribution in [-0.4, -0.2) is 22.6 Å². The summed E-state index contributed by atoms with van der Waals surface area (Å²) in [6.45, 7) is 8.20. The van der Waals surface area contributed by atoms with Crippen molar-refractivity contribution in [3.8, 4) is 0 Å². The quantitative estimate of drug-likeness (QED) is 0.319. The van der Waals surface area contributed by atoms with Crippen LogP contribution in [-0.2, 0) is 14.3 Å². The van der Waals surface area contributed by atoms with E-state index in [1.54, 1.807) is 34.6 Å². The molecule has 1 N–H and O–H groups in total. The average Bonchev–Trinajstić information content (AvgIpc) is 1.78. The standard InChI is InChI=1S/C10H16O4/c1-6(2)7(8(11)12)9(13)14-10(3,4)5/h1-5H3,(H,11,12). The van der Waals surface area contributed by atoms with Gasteiger partial charge in [0.1, 0.15) is 11.2 Å². The van der Waals surface area contributed by atoms with Crippen LogP contribution in [0.1, 0.15) is 34.6 Å². The average molecular weight is 200 g/mol. The van der Waals surface area contributed by atoms with Crippen molar-refractivity contribution in [3.63, 3.8) is 0 Å². The Labute approximate surface area is 83.6 Å². The molecule has 0 aliphatic heterocycles. The van der Waals surface area contributed by atoms with Crippen molar-refractivity contribution in [3.05, 3.63) is 11.1 Å². The molecular weight excluding hydrogens is 184 g/mol. The maximum absolute atomic E-state index is 11.4. The summed E-state index contributed by atoms with van der Waals surface area (Å²) in [4.78, 5) is 22.1. The molecule has 0 aliphatic carbocycles. The number of rotatable bonds is 2. The summed E-state index contributed by atoms with van der Waals surface area (Å²) in [6, 6.07) is 0. The van der Waals surface area contributed by atoms with E-state index in [1.165, 1.54) is 0 Å². The number of allylic oxidation sites excluding steroid dienone is 1. The molecule has 0 aromatic heterocycles. The maximum atomic E-state index is 11.4. The molecule has 0 fully saturated rings. The molecule has 4 nitrogen and oxygen atoms in total. The summed E-state index contributed by atoms with van der Waals surface area (Å²) in [7, 11) is 0. The van der Waals surface area contributed by atoms with E-state index in [9.17, 15) is 9.59 Å². The Balaban J connectivity index is 4.84. The molecule has 0 spiro atoms. The summed E-state index contributed by atoms with van der Waals surface area (Å²) in [5, 5.41) is 8.75. The SMILES string of the molecule is CC(C)=C(C(=O)O)C(=O)OC(C)(C)C. The minimum atomic E-state index is -1.25. The molecule has 0 bridgehead atoms. The predicted molar refractivity (Wildman–Crippen MR) is 51.9 cm³/mol. The van der Waals surface area contributed by atoms with Crippen molar-refractivity contribution in [2.75, 3.05) is 0 Å². The maximum Gasteiger partial charge on any atom is 0.346 e. The van der Waals surface area contributed by atoms with Gasteiger partial charge >= 0.3 is 11.9 Å². The molecule has 80 valence electrons. The van der Waals surface area contributed by atoms with Crippen LogP contribution in [0.3, 0.4) is 0 Å². The summed E-state index contributed by atoms with van der Waals surface area (Å²) in [5.41, 5.74) is -0.528. The fourth-order valence-corrected chi connectivity index (χ4v) is 0.834. The van der Waals surface area contributed by atoms with Gasteiger partial charge in [0, 0.05) is 0 Å². The lowest BCUT2D eigenvalue weighted by atomic mass is 10.1. The molecule has 0 rings (SSSR count). The molecule has 0 aromatic carbocycles. The van der Waals surface area contributed by atoms with E-state index in [1.807, 2.05) is 0 Å². The first-order chi connectivity index (χ1) is 6.15. The third kappa shape index (κ3) is 4.07. The van der Waals surface area contributed by atoms with Crippen molar-refractivity contribution in [2.45, 2.75) is 40.2 Å². The number of carboxylic acid groups (broad SMARTS) is 1. The van der Waals surface area contributed by atoms with E-state index in [-0.39, 0.29) is 5.57 Å². The van der Waals surface area contributed by atoms with E-state index in [0.717, 1.165) is 0 Å². The second kappa shape index (κ2) is 4.26. The van der Waals surface area contributed by atoms with Gasteiger partial charge in [0.2, 0.25) is 0 Å². The fourth-order valence-electron chi connectivity index (χ4n) is 0.834. The van der Waals surface area contributed by atoms with Crippen molar-refractivity contribution >= 4 is 11.9 Å². The van der Waals surface area contributed by atoms with Crippen molar-refractivity contribution in [2.24, 2.45) is 0 Å². The monoisotopic (exact) mass is 200 g/mol. The van der Waals surface area contributed by atoms with Gasteiger partial charge < -0.3 is 9.84 Å². The summed E-state index contributed by atoms with van der Waals surface area (Å²) in [5.74, 6) is -2.04. The molecule has 0 heterocycles. The Bertz CT molecular complexity index is 277. The lowest BCUT2D eigenvalue weighted by Crippen LogP contribution is -2.27. The zero-order chi connectivity index (χ0) is 11.5. The van der Waals surface area contributed by atoms with Gasteiger partial charge in [-0.15, -0.1) is 0 Å². The Morgan fingerprint density at radius 2 is 1.57 bits per heavy atom. The van der Waals surface area contributed by atoms with Gasteiger partial charge in [-0.2, -0.15) is 0 Å². The third-order valence-electron chi connectivity index (χ3n) is 1.32. The van der Waals surface area contributed by atoms with Crippen molar-refractivity contribution in [1.82, 2.24) is 0 Å². The first-order valence-electron chi connectivity index (χ1n) is 4.29. The topological polar surface area (TPSA) is 63.6 Å². The third-order valence-corrected chi connectivity index (χ3v) is 1.32. The number of hydrogen-bond acceptors (Lipinski definition) is 3. The Morgan fingerprint density at radius 3 is 1.79 bits per heavy atom. The summed E-state index contributed by atoms with van der Waals surface area (Å²) in [6.07, 6.45) is 0. The van der Waals surface area contributed by atoms with Gasteiger partial charge in [-0.25, -0.2) is 9.59 Å². The number of hydrogen-bond donors (Lipinski definition) is 1. The first kappa shape index (κ1) is 12.7. The van der Waals surface area contributed by atoms with Crippen LogP contribution in [0.15, 0.2) is 11.1 Å². The van der Waals surface area contributed by atoms with Crippen LogP contribution in [0.4, 0.5) is 0 Å². The summed E-state index contributed by atoms with van der Waals surface area (Å²) >= 11 is 0. The number of carbonyl (C=O) groups is 2. The fraction of sp³-hybridized carbons (Fsp3) is 0.600. The van der Waals surface area contributed by atoms with Crippen LogP contribution < -0.4 is 0 Å². The minimum absolute atomic E-state index is 0.292. The highest BCUT2D eigenvalue weighted by atomic mass is 16.6. The van der Waals surface area contributed by atoms with Gasteiger partial charge in [-0.3, -0.25) is 0 Å². The van der Waals surface area contributed by atoms with Gasteiger partial charge in [0.05, 0.1) is 0 Å². The smallest absolute Gasteiger partial charge is 0.346 e. The van der Waals surface area contributed by atoms with Crippen LogP contribution in [0, 0.1) is 0 Å². The van der Waals surface area contributed by atoms with Gasteiger partial charge in [-0.05, 0) is 34.6 Å².